The van der Waals surface area contributed by atoms with E-state index in [-0.39, 0.29) is 18.3 Å². The molecule has 0 bridgehead atoms. The van der Waals surface area contributed by atoms with E-state index in [9.17, 15) is 4.79 Å². The molecule has 0 radical (unpaired) electrons. The zero-order chi connectivity index (χ0) is 21.1. The summed E-state index contributed by atoms with van der Waals surface area (Å²) in [6, 6.07) is 17.5. The lowest BCUT2D eigenvalue weighted by atomic mass is 10.1. The molecule has 2 heterocycles. The summed E-state index contributed by atoms with van der Waals surface area (Å²) in [5.41, 5.74) is 4.28. The van der Waals surface area contributed by atoms with Crippen molar-refractivity contribution in [1.82, 2.24) is 14.9 Å². The summed E-state index contributed by atoms with van der Waals surface area (Å²) in [5.74, 6) is 2.38. The summed E-state index contributed by atoms with van der Waals surface area (Å²) >= 11 is 0. The quantitative estimate of drug-likeness (QED) is 0.491. The number of imidazole rings is 1. The van der Waals surface area contributed by atoms with Gasteiger partial charge < -0.3 is 19.0 Å². The lowest BCUT2D eigenvalue weighted by molar-refractivity contribution is 0.0920. The Kier molecular flexibility index (Phi) is 5.57. The fourth-order valence-corrected chi connectivity index (χ4v) is 3.53. The minimum atomic E-state index is -0.241. The van der Waals surface area contributed by atoms with E-state index in [4.69, 9.17) is 9.15 Å². The first kappa shape index (κ1) is 19.8. The molecule has 4 aromatic rings. The number of furan rings is 1. The minimum Gasteiger partial charge on any atom is -0.485 e. The Morgan fingerprint density at radius 2 is 1.93 bits per heavy atom. The number of ether oxygens (including phenoxy) is 1. The molecule has 6 nitrogen and oxygen atoms in total. The first-order valence-corrected chi connectivity index (χ1v) is 10.00. The number of hydrogen-bond donors (Lipinski definition) is 1. The predicted molar refractivity (Wildman–Crippen MR) is 116 cm³/mol. The molecule has 2 aromatic heterocycles. The largest absolute Gasteiger partial charge is 0.485 e. The standard InChI is InChI=1S/C24H25N3O3/c1-16-8-10-22(17(2)14-16)29-15-19-9-11-23(30-19)24(28)25-12-13-27-18(3)26-20-6-4-5-7-21(20)27/h4-11,14H,12-13,15H2,1-3H3,(H,25,28). The summed E-state index contributed by atoms with van der Waals surface area (Å²) in [7, 11) is 0. The third-order valence-electron chi connectivity index (χ3n) is 5.05. The number of nitrogens with one attached hydrogen (secondary N) is 1. The van der Waals surface area contributed by atoms with Gasteiger partial charge in [0.25, 0.3) is 5.91 Å². The number of aromatic nitrogens is 2. The van der Waals surface area contributed by atoms with Crippen molar-refractivity contribution in [3.63, 3.8) is 0 Å². The Morgan fingerprint density at radius 3 is 2.77 bits per heavy atom. The van der Waals surface area contributed by atoms with Crippen molar-refractivity contribution in [3.05, 3.63) is 83.1 Å². The molecule has 0 spiro atoms. The van der Waals surface area contributed by atoms with Crippen molar-refractivity contribution in [1.29, 1.82) is 0 Å². The molecule has 1 amide bonds. The Bertz CT molecular complexity index is 1190. The van der Waals surface area contributed by atoms with Crippen LogP contribution in [0.25, 0.3) is 11.0 Å². The molecule has 0 saturated carbocycles. The van der Waals surface area contributed by atoms with E-state index in [1.54, 1.807) is 12.1 Å². The van der Waals surface area contributed by atoms with E-state index in [1.807, 2.05) is 57.2 Å². The number of carbonyl (C=O) groups is 1. The van der Waals surface area contributed by atoms with Gasteiger partial charge in [0.2, 0.25) is 0 Å². The van der Waals surface area contributed by atoms with Crippen LogP contribution in [0.3, 0.4) is 0 Å². The lowest BCUT2D eigenvalue weighted by Gasteiger charge is -2.09. The summed E-state index contributed by atoms with van der Waals surface area (Å²) in [5, 5.41) is 2.91. The van der Waals surface area contributed by atoms with Crippen molar-refractivity contribution in [2.24, 2.45) is 0 Å². The van der Waals surface area contributed by atoms with Gasteiger partial charge in [0.15, 0.2) is 5.76 Å². The van der Waals surface area contributed by atoms with Gasteiger partial charge in [-0.15, -0.1) is 0 Å². The van der Waals surface area contributed by atoms with Crippen molar-refractivity contribution in [2.75, 3.05) is 6.54 Å². The number of amides is 1. The fraction of sp³-hybridized carbons (Fsp3) is 0.250. The van der Waals surface area contributed by atoms with Crippen LogP contribution in [0, 0.1) is 20.8 Å². The summed E-state index contributed by atoms with van der Waals surface area (Å²) in [6.45, 7) is 7.42. The van der Waals surface area contributed by atoms with Crippen LogP contribution in [0.5, 0.6) is 5.75 Å². The number of benzene rings is 2. The zero-order valence-corrected chi connectivity index (χ0v) is 17.4. The van der Waals surface area contributed by atoms with Gasteiger partial charge in [-0.1, -0.05) is 29.8 Å². The van der Waals surface area contributed by atoms with Gasteiger partial charge in [0.1, 0.15) is 23.9 Å². The SMILES string of the molecule is Cc1ccc(OCc2ccc(C(=O)NCCn3c(C)nc4ccccc43)o2)c(C)c1. The smallest absolute Gasteiger partial charge is 0.287 e. The van der Waals surface area contributed by atoms with Crippen LogP contribution in [0.1, 0.15) is 33.3 Å². The maximum atomic E-state index is 12.4. The third kappa shape index (κ3) is 4.22. The third-order valence-corrected chi connectivity index (χ3v) is 5.05. The molecule has 0 aliphatic heterocycles. The van der Waals surface area contributed by atoms with E-state index >= 15 is 0 Å². The number of carbonyl (C=O) groups excluding carboxylic acids is 1. The van der Waals surface area contributed by atoms with Gasteiger partial charge in [-0.3, -0.25) is 4.79 Å². The molecule has 0 fully saturated rings. The van der Waals surface area contributed by atoms with Crippen LogP contribution < -0.4 is 10.1 Å². The monoisotopic (exact) mass is 403 g/mol. The zero-order valence-electron chi connectivity index (χ0n) is 17.4. The van der Waals surface area contributed by atoms with E-state index in [0.717, 1.165) is 28.2 Å². The Morgan fingerprint density at radius 1 is 1.10 bits per heavy atom. The highest BCUT2D eigenvalue weighted by atomic mass is 16.5. The molecule has 30 heavy (non-hydrogen) atoms. The van der Waals surface area contributed by atoms with Gasteiger partial charge in [-0.05, 0) is 56.7 Å². The Balaban J connectivity index is 1.32. The average molecular weight is 403 g/mol. The second-order valence-electron chi connectivity index (χ2n) is 7.38. The van der Waals surface area contributed by atoms with Gasteiger partial charge >= 0.3 is 0 Å². The number of nitrogens with zero attached hydrogens (tertiary/aromatic N) is 2. The highest BCUT2D eigenvalue weighted by Gasteiger charge is 2.12. The molecule has 0 atom stereocenters. The van der Waals surface area contributed by atoms with Gasteiger partial charge in [-0.25, -0.2) is 4.98 Å². The molecule has 2 aromatic carbocycles. The maximum Gasteiger partial charge on any atom is 0.287 e. The molecule has 4 rings (SSSR count). The van der Waals surface area contributed by atoms with E-state index in [1.165, 1.54) is 5.56 Å². The molecule has 1 N–H and O–H groups in total. The minimum absolute atomic E-state index is 0.241. The van der Waals surface area contributed by atoms with Crippen molar-refractivity contribution >= 4 is 16.9 Å². The topological polar surface area (TPSA) is 69.3 Å². The Labute approximate surface area is 175 Å². The summed E-state index contributed by atoms with van der Waals surface area (Å²) < 4.78 is 13.6. The van der Waals surface area contributed by atoms with Gasteiger partial charge in [0.05, 0.1) is 11.0 Å². The van der Waals surface area contributed by atoms with Crippen LogP contribution in [0.2, 0.25) is 0 Å². The average Bonchev–Trinajstić information content (AvgIpc) is 3.32. The van der Waals surface area contributed by atoms with Crippen LogP contribution >= 0.6 is 0 Å². The maximum absolute atomic E-state index is 12.4. The van der Waals surface area contributed by atoms with Crippen LogP contribution in [0.4, 0.5) is 0 Å². The molecule has 154 valence electrons. The molecular weight excluding hydrogens is 378 g/mol. The summed E-state index contributed by atoms with van der Waals surface area (Å²) in [6.07, 6.45) is 0. The van der Waals surface area contributed by atoms with Crippen LogP contribution in [0.15, 0.2) is 59.0 Å². The van der Waals surface area contributed by atoms with E-state index in [2.05, 4.69) is 20.9 Å². The molecule has 0 aliphatic rings. The fourth-order valence-electron chi connectivity index (χ4n) is 3.53. The number of para-hydroxylation sites is 2. The molecule has 6 heteroatoms. The number of fused-ring (bicyclic) bond motifs is 1. The van der Waals surface area contributed by atoms with E-state index < -0.39 is 0 Å². The lowest BCUT2D eigenvalue weighted by Crippen LogP contribution is -2.27. The van der Waals surface area contributed by atoms with Gasteiger partial charge in [-0.2, -0.15) is 0 Å². The highest BCUT2D eigenvalue weighted by Crippen LogP contribution is 2.20. The van der Waals surface area contributed by atoms with Gasteiger partial charge in [0, 0.05) is 13.1 Å². The number of rotatable bonds is 7. The molecule has 0 saturated heterocycles. The molecule has 0 unspecified atom stereocenters. The molecular formula is C24H25N3O3. The highest BCUT2D eigenvalue weighted by molar-refractivity contribution is 5.91. The molecule has 0 aliphatic carbocycles. The number of aryl methyl sites for hydroxylation is 3. The first-order chi connectivity index (χ1) is 14.5. The second-order valence-corrected chi connectivity index (χ2v) is 7.38. The van der Waals surface area contributed by atoms with Crippen molar-refractivity contribution < 1.29 is 13.9 Å². The van der Waals surface area contributed by atoms with Crippen LogP contribution in [-0.2, 0) is 13.2 Å². The Hall–Kier alpha value is -3.54. The predicted octanol–water partition coefficient (Wildman–Crippen LogP) is 4.56. The summed E-state index contributed by atoms with van der Waals surface area (Å²) in [4.78, 5) is 17.0. The van der Waals surface area contributed by atoms with Crippen molar-refractivity contribution in [2.45, 2.75) is 33.9 Å². The number of hydrogen-bond acceptors (Lipinski definition) is 4. The van der Waals surface area contributed by atoms with Crippen LogP contribution in [-0.4, -0.2) is 22.0 Å². The van der Waals surface area contributed by atoms with Crippen molar-refractivity contribution in [3.8, 4) is 5.75 Å². The normalized spacial score (nSPS) is 11.0. The first-order valence-electron chi connectivity index (χ1n) is 10.00. The second kappa shape index (κ2) is 8.45. The van der Waals surface area contributed by atoms with E-state index in [0.29, 0.717) is 18.8 Å².